The first-order valence-corrected chi connectivity index (χ1v) is 4.66. The molecule has 1 aliphatic carbocycles. The maximum Gasteiger partial charge on any atom is 0.122 e. The Morgan fingerprint density at radius 3 is 1.92 bits per heavy atom. The van der Waals surface area contributed by atoms with Gasteiger partial charge in [0.2, 0.25) is 0 Å². The van der Waals surface area contributed by atoms with E-state index in [9.17, 15) is 0 Å². The van der Waals surface area contributed by atoms with Gasteiger partial charge < -0.3 is 0 Å². The Hall–Kier alpha value is -1.22. The number of hydrogen-bond donors (Lipinski definition) is 0. The summed E-state index contributed by atoms with van der Waals surface area (Å²) in [5, 5.41) is 0. The van der Waals surface area contributed by atoms with Crippen LogP contribution in [-0.2, 0) is 5.41 Å². The van der Waals surface area contributed by atoms with Crippen LogP contribution in [0.4, 0.5) is 0 Å². The van der Waals surface area contributed by atoms with Crippen molar-refractivity contribution < 1.29 is 0 Å². The molecule has 1 aromatic carbocycles. The highest BCUT2D eigenvalue weighted by molar-refractivity contribution is 5.58. The third-order valence-corrected chi connectivity index (χ3v) is 2.71. The smallest absolute Gasteiger partial charge is 0.0759 e. The molecule has 2 rings (SSSR count). The van der Waals surface area contributed by atoms with E-state index in [0.717, 1.165) is 0 Å². The van der Waals surface area contributed by atoms with E-state index in [4.69, 9.17) is 0 Å². The minimum absolute atomic E-state index is 0.0196. The largest absolute Gasteiger partial charge is 0.122 e. The Kier molecular flexibility index (Phi) is 1.54. The number of benzene rings is 1. The molecule has 0 spiro atoms. The second kappa shape index (κ2) is 2.39. The molecule has 0 fully saturated rings. The second-order valence-corrected chi connectivity index (χ2v) is 4.62. The molecular formula is C13H14. The van der Waals surface area contributed by atoms with Gasteiger partial charge >= 0.3 is 0 Å². The highest BCUT2D eigenvalue weighted by Gasteiger charge is 2.47. The van der Waals surface area contributed by atoms with Crippen LogP contribution in [0.1, 0.15) is 26.3 Å². The van der Waals surface area contributed by atoms with Crippen LogP contribution < -0.4 is 0 Å². The van der Waals surface area contributed by atoms with Crippen LogP contribution >= 0.6 is 0 Å². The normalized spacial score (nSPS) is 17.5. The van der Waals surface area contributed by atoms with Gasteiger partial charge in [-0.25, -0.2) is 0 Å². The number of hydrogen-bond acceptors (Lipinski definition) is 0. The molecule has 0 atom stereocenters. The summed E-state index contributed by atoms with van der Waals surface area (Å²) >= 11 is 0. The third-order valence-electron chi connectivity index (χ3n) is 2.71. The molecule has 1 aliphatic rings. The summed E-state index contributed by atoms with van der Waals surface area (Å²) in [6.07, 6.45) is 0. The summed E-state index contributed by atoms with van der Waals surface area (Å²) in [5.41, 5.74) is 1.48. The maximum absolute atomic E-state index is 3.25. The predicted molar refractivity (Wildman–Crippen MR) is 55.4 cm³/mol. The Labute approximate surface area is 80.0 Å². The van der Waals surface area contributed by atoms with Crippen LogP contribution in [0.15, 0.2) is 30.3 Å². The molecule has 66 valence electrons. The zero-order valence-corrected chi connectivity index (χ0v) is 8.39. The van der Waals surface area contributed by atoms with Crippen LogP contribution in [0.3, 0.4) is 0 Å². The molecule has 0 nitrogen and oxygen atoms in total. The lowest BCUT2D eigenvalue weighted by Crippen LogP contribution is -2.29. The van der Waals surface area contributed by atoms with Crippen molar-refractivity contribution in [3.8, 4) is 11.8 Å². The molecule has 0 saturated heterocycles. The van der Waals surface area contributed by atoms with E-state index in [-0.39, 0.29) is 10.8 Å². The molecule has 0 amide bonds. The average molecular weight is 170 g/mol. The SMILES string of the molecule is CC(C)(C)C1(c2ccccc2)C#C1. The van der Waals surface area contributed by atoms with Crippen molar-refractivity contribution >= 4 is 0 Å². The van der Waals surface area contributed by atoms with E-state index < -0.39 is 0 Å². The third kappa shape index (κ3) is 1.16. The van der Waals surface area contributed by atoms with Gasteiger partial charge in [0.15, 0.2) is 0 Å². The molecule has 0 heteroatoms. The van der Waals surface area contributed by atoms with Crippen molar-refractivity contribution in [1.29, 1.82) is 0 Å². The summed E-state index contributed by atoms with van der Waals surface area (Å²) in [5.74, 6) is 6.51. The molecule has 0 aromatic heterocycles. The molecule has 0 radical (unpaired) electrons. The molecular weight excluding hydrogens is 156 g/mol. The lowest BCUT2D eigenvalue weighted by molar-refractivity contribution is 0.333. The van der Waals surface area contributed by atoms with Gasteiger partial charge in [-0.2, -0.15) is 0 Å². The summed E-state index contributed by atoms with van der Waals surface area (Å²) < 4.78 is 0. The maximum atomic E-state index is 3.25. The van der Waals surface area contributed by atoms with Gasteiger partial charge in [-0.05, 0) is 11.0 Å². The van der Waals surface area contributed by atoms with Crippen molar-refractivity contribution in [2.45, 2.75) is 26.2 Å². The summed E-state index contributed by atoms with van der Waals surface area (Å²) in [4.78, 5) is 0. The second-order valence-electron chi connectivity index (χ2n) is 4.62. The van der Waals surface area contributed by atoms with Crippen LogP contribution in [0.5, 0.6) is 0 Å². The van der Waals surface area contributed by atoms with Crippen LogP contribution in [0.2, 0.25) is 0 Å². The Morgan fingerprint density at radius 2 is 1.54 bits per heavy atom. The Bertz CT molecular complexity index is 360. The van der Waals surface area contributed by atoms with Gasteiger partial charge in [0.25, 0.3) is 0 Å². The fraction of sp³-hybridized carbons (Fsp3) is 0.385. The fourth-order valence-corrected chi connectivity index (χ4v) is 1.70. The van der Waals surface area contributed by atoms with E-state index in [1.165, 1.54) is 5.56 Å². The molecule has 0 saturated carbocycles. The topological polar surface area (TPSA) is 0 Å². The van der Waals surface area contributed by atoms with E-state index in [1.807, 2.05) is 6.07 Å². The van der Waals surface area contributed by atoms with Crippen molar-refractivity contribution in [2.75, 3.05) is 0 Å². The molecule has 0 heterocycles. The first-order chi connectivity index (χ1) is 6.06. The minimum Gasteiger partial charge on any atom is -0.0759 e. The highest BCUT2D eigenvalue weighted by Crippen LogP contribution is 2.46. The van der Waals surface area contributed by atoms with Gasteiger partial charge in [0.1, 0.15) is 5.41 Å². The van der Waals surface area contributed by atoms with Crippen LogP contribution in [0, 0.1) is 17.3 Å². The van der Waals surface area contributed by atoms with Crippen LogP contribution in [-0.4, -0.2) is 0 Å². The van der Waals surface area contributed by atoms with E-state index in [2.05, 4.69) is 56.9 Å². The van der Waals surface area contributed by atoms with Crippen LogP contribution in [0.25, 0.3) is 0 Å². The lowest BCUT2D eigenvalue weighted by atomic mass is 9.71. The van der Waals surface area contributed by atoms with E-state index in [1.54, 1.807) is 0 Å². The van der Waals surface area contributed by atoms with Gasteiger partial charge in [-0.1, -0.05) is 62.9 Å². The van der Waals surface area contributed by atoms with Crippen molar-refractivity contribution in [2.24, 2.45) is 5.41 Å². The standard InChI is InChI=1S/C13H14/c1-12(2,3)13(9-10-13)11-7-5-4-6-8-11/h4-8H,1-3H3. The van der Waals surface area contributed by atoms with Gasteiger partial charge in [0.05, 0.1) is 0 Å². The van der Waals surface area contributed by atoms with Gasteiger partial charge in [-0.3, -0.25) is 0 Å². The summed E-state index contributed by atoms with van der Waals surface area (Å²) in [7, 11) is 0. The fourth-order valence-electron chi connectivity index (χ4n) is 1.70. The van der Waals surface area contributed by atoms with Crippen molar-refractivity contribution in [3.05, 3.63) is 35.9 Å². The zero-order valence-electron chi connectivity index (χ0n) is 8.39. The van der Waals surface area contributed by atoms with Gasteiger partial charge in [0, 0.05) is 0 Å². The lowest BCUT2D eigenvalue weighted by Gasteiger charge is -2.29. The molecule has 0 N–H and O–H groups in total. The highest BCUT2D eigenvalue weighted by atomic mass is 14.5. The predicted octanol–water partition coefficient (Wildman–Crippen LogP) is 2.99. The first-order valence-electron chi connectivity index (χ1n) is 4.66. The van der Waals surface area contributed by atoms with Gasteiger partial charge in [-0.15, -0.1) is 0 Å². The average Bonchev–Trinajstić information content (AvgIpc) is 2.84. The van der Waals surface area contributed by atoms with E-state index in [0.29, 0.717) is 0 Å². The van der Waals surface area contributed by atoms with E-state index >= 15 is 0 Å². The van der Waals surface area contributed by atoms with Crippen molar-refractivity contribution in [3.63, 3.8) is 0 Å². The Balaban J connectivity index is 2.38. The Morgan fingerprint density at radius 1 is 1.00 bits per heavy atom. The summed E-state index contributed by atoms with van der Waals surface area (Å²) in [6, 6.07) is 10.5. The van der Waals surface area contributed by atoms with Crippen molar-refractivity contribution in [1.82, 2.24) is 0 Å². The monoisotopic (exact) mass is 170 g/mol. The zero-order chi connectivity index (χ0) is 9.53. The first kappa shape index (κ1) is 8.38. The molecule has 1 aromatic rings. The number of rotatable bonds is 1. The minimum atomic E-state index is -0.0196. The quantitative estimate of drug-likeness (QED) is 0.568. The molecule has 13 heavy (non-hydrogen) atoms. The molecule has 0 bridgehead atoms. The molecule has 0 aliphatic heterocycles. The summed E-state index contributed by atoms with van der Waals surface area (Å²) in [6.45, 7) is 6.69. The molecule has 0 unspecified atom stereocenters.